The average Bonchev–Trinajstić information content (AvgIpc) is 3.12. The second kappa shape index (κ2) is 7.16. The first-order valence-electron chi connectivity index (χ1n) is 7.18. The summed E-state index contributed by atoms with van der Waals surface area (Å²) in [5.74, 6) is 0. The van der Waals surface area contributed by atoms with Gasteiger partial charge in [-0.1, -0.05) is 24.3 Å². The first kappa shape index (κ1) is 14.7. The minimum atomic E-state index is 0. The molecule has 104 valence electrons. The van der Waals surface area contributed by atoms with E-state index < -0.39 is 0 Å². The Bertz CT molecular complexity index is 419. The molecule has 0 bridgehead atoms. The predicted molar refractivity (Wildman–Crippen MR) is 74.9 cm³/mol. The summed E-state index contributed by atoms with van der Waals surface area (Å²) in [6.45, 7) is 0. The molecule has 2 heteroatoms. The van der Waals surface area contributed by atoms with Crippen LogP contribution in [0.5, 0.6) is 0 Å². The maximum atomic E-state index is 5.75. The third-order valence-electron chi connectivity index (χ3n) is 4.13. The van der Waals surface area contributed by atoms with Crippen LogP contribution in [0.2, 0.25) is 0 Å². The molecule has 2 radical (unpaired) electrons. The fraction of sp³-hybridized carbons (Fsp3) is 0.471. The summed E-state index contributed by atoms with van der Waals surface area (Å²) in [6, 6.07) is 0. The molecule has 1 aliphatic heterocycles. The fourth-order valence-electron chi connectivity index (χ4n) is 3.22. The Balaban J connectivity index is 0.000000190. The molecule has 2 fully saturated rings. The van der Waals surface area contributed by atoms with E-state index in [4.69, 9.17) is 4.74 Å². The third-order valence-corrected chi connectivity index (χ3v) is 4.13. The minimum Gasteiger partial charge on any atom is -0.493 e. The zero-order valence-electron chi connectivity index (χ0n) is 11.2. The quantitative estimate of drug-likeness (QED) is 0.633. The van der Waals surface area contributed by atoms with Crippen LogP contribution in [0.4, 0.5) is 0 Å². The summed E-state index contributed by atoms with van der Waals surface area (Å²) < 4.78 is 5.75. The van der Waals surface area contributed by atoms with E-state index in [0.717, 1.165) is 0 Å². The van der Waals surface area contributed by atoms with Gasteiger partial charge in [0.25, 0.3) is 0 Å². The van der Waals surface area contributed by atoms with Crippen molar-refractivity contribution in [1.29, 1.82) is 0 Å². The van der Waals surface area contributed by atoms with Gasteiger partial charge in [0.2, 0.25) is 0 Å². The normalized spacial score (nSPS) is 26.5. The molecule has 0 aromatic rings. The zero-order valence-corrected chi connectivity index (χ0v) is 12.3. The van der Waals surface area contributed by atoms with Crippen molar-refractivity contribution in [2.45, 2.75) is 51.0 Å². The van der Waals surface area contributed by atoms with Crippen molar-refractivity contribution in [1.82, 2.24) is 0 Å². The van der Waals surface area contributed by atoms with Gasteiger partial charge in [-0.25, -0.2) is 0 Å². The second-order valence-corrected chi connectivity index (χ2v) is 5.33. The van der Waals surface area contributed by atoms with Gasteiger partial charge in [-0.05, 0) is 61.7 Å². The Labute approximate surface area is 126 Å². The van der Waals surface area contributed by atoms with Crippen LogP contribution in [0.15, 0.2) is 47.3 Å². The van der Waals surface area contributed by atoms with Crippen molar-refractivity contribution in [2.24, 2.45) is 0 Å². The second-order valence-electron chi connectivity index (χ2n) is 5.33. The largest absolute Gasteiger partial charge is 0.493 e. The Morgan fingerprint density at radius 3 is 2.42 bits per heavy atom. The van der Waals surface area contributed by atoms with E-state index in [1.54, 1.807) is 11.1 Å². The molecule has 0 saturated heterocycles. The monoisotopic (exact) mass is 300 g/mol. The molecule has 0 spiro atoms. The number of allylic oxidation sites excluding steroid dienone is 6. The number of fused-ring (bicyclic) bond motifs is 2. The van der Waals surface area contributed by atoms with Gasteiger partial charge in [0, 0.05) is 23.2 Å². The Hall–Kier alpha value is -0.734. The molecule has 1 atom stereocenters. The minimum absolute atomic E-state index is 0. The van der Waals surface area contributed by atoms with E-state index in [2.05, 4.69) is 0 Å². The topological polar surface area (TPSA) is 9.23 Å². The summed E-state index contributed by atoms with van der Waals surface area (Å²) in [4.78, 5) is 0. The van der Waals surface area contributed by atoms with Gasteiger partial charge in [-0.15, -0.1) is 0 Å². The van der Waals surface area contributed by atoms with Crippen LogP contribution in [-0.2, 0) is 21.5 Å². The van der Waals surface area contributed by atoms with Gasteiger partial charge >= 0.3 is 0 Å². The van der Waals surface area contributed by atoms with Crippen LogP contribution < -0.4 is 0 Å². The molecule has 2 saturated carbocycles. The van der Waals surface area contributed by atoms with Crippen LogP contribution in [0.25, 0.3) is 0 Å². The average molecular weight is 300 g/mol. The zero-order chi connectivity index (χ0) is 12.2. The van der Waals surface area contributed by atoms with Gasteiger partial charge in [-0.2, -0.15) is 0 Å². The molecule has 0 amide bonds. The van der Waals surface area contributed by atoms with E-state index >= 15 is 0 Å². The fourth-order valence-corrected chi connectivity index (χ4v) is 3.22. The molecular weight excluding hydrogens is 279 g/mol. The van der Waals surface area contributed by atoms with Gasteiger partial charge in [0.1, 0.15) is 6.10 Å². The van der Waals surface area contributed by atoms with Crippen molar-refractivity contribution in [3.8, 4) is 0 Å². The summed E-state index contributed by atoms with van der Waals surface area (Å²) in [5.41, 5.74) is 4.84. The van der Waals surface area contributed by atoms with E-state index in [1.807, 2.05) is 37.0 Å². The van der Waals surface area contributed by atoms with E-state index in [9.17, 15) is 0 Å². The predicted octanol–water partition coefficient (Wildman–Crippen LogP) is 4.64. The van der Waals surface area contributed by atoms with Crippen molar-refractivity contribution < 1.29 is 21.5 Å². The summed E-state index contributed by atoms with van der Waals surface area (Å²) in [7, 11) is 0. The molecule has 1 heterocycles. The van der Waals surface area contributed by atoms with Crippen molar-refractivity contribution >= 4 is 0 Å². The van der Waals surface area contributed by atoms with Crippen LogP contribution in [-0.4, -0.2) is 6.10 Å². The van der Waals surface area contributed by atoms with Crippen molar-refractivity contribution in [3.05, 3.63) is 53.7 Å². The van der Waals surface area contributed by atoms with Gasteiger partial charge in [0.15, 0.2) is 0 Å². The van der Waals surface area contributed by atoms with Gasteiger partial charge in [0.05, 0.1) is 6.26 Å². The van der Waals surface area contributed by atoms with Crippen molar-refractivity contribution in [3.63, 3.8) is 0 Å². The molecule has 0 aromatic heterocycles. The molecular formula is C17H21CoO. The summed E-state index contributed by atoms with van der Waals surface area (Å²) in [5, 5.41) is 0. The van der Waals surface area contributed by atoms with Crippen LogP contribution >= 0.6 is 0 Å². The summed E-state index contributed by atoms with van der Waals surface area (Å²) >= 11 is 0. The first-order chi connectivity index (χ1) is 8.95. The van der Waals surface area contributed by atoms with E-state index in [1.165, 1.54) is 50.5 Å². The number of hydrogen-bond donors (Lipinski definition) is 0. The van der Waals surface area contributed by atoms with Crippen LogP contribution in [0, 0.1) is 6.42 Å². The van der Waals surface area contributed by atoms with Crippen molar-refractivity contribution in [2.75, 3.05) is 0 Å². The molecule has 3 aliphatic carbocycles. The maximum absolute atomic E-state index is 5.75. The molecule has 1 nitrogen and oxygen atoms in total. The van der Waals surface area contributed by atoms with Gasteiger partial charge < -0.3 is 4.74 Å². The Kier molecular flexibility index (Phi) is 5.53. The standard InChI is InChI=1S/C12H16O.C5H5.Co/c1-2-5-10-9(4-1)8-13-12-7-3-6-11(10)12;1-2-4-5-3-1;/h8,12H,1-7H2;1-5H;/t12-;;/m0../s1. The van der Waals surface area contributed by atoms with E-state index in [0.29, 0.717) is 6.10 Å². The molecule has 4 rings (SSSR count). The molecule has 0 aromatic carbocycles. The first-order valence-corrected chi connectivity index (χ1v) is 7.18. The Morgan fingerprint density at radius 2 is 1.68 bits per heavy atom. The van der Waals surface area contributed by atoms with Crippen LogP contribution in [0.1, 0.15) is 44.9 Å². The molecule has 19 heavy (non-hydrogen) atoms. The van der Waals surface area contributed by atoms with E-state index in [-0.39, 0.29) is 16.8 Å². The number of hydrogen-bond acceptors (Lipinski definition) is 1. The Morgan fingerprint density at radius 1 is 0.895 bits per heavy atom. The SMILES string of the molecule is C1=C2CCCCC2=C2CCC[C@@H]2O1.[CH]1C=CC=C1.[Co]. The third kappa shape index (κ3) is 3.43. The van der Waals surface area contributed by atoms with Gasteiger partial charge in [-0.3, -0.25) is 0 Å². The summed E-state index contributed by atoms with van der Waals surface area (Å²) in [6.07, 6.45) is 21.7. The molecule has 0 N–H and O–H groups in total. The number of ether oxygens (including phenoxy) is 1. The molecule has 4 aliphatic rings. The van der Waals surface area contributed by atoms with Crippen LogP contribution in [0.3, 0.4) is 0 Å². The smallest absolute Gasteiger partial charge is 0.119 e. The number of rotatable bonds is 0. The molecule has 0 unspecified atom stereocenters. The maximum Gasteiger partial charge on any atom is 0.119 e.